The van der Waals surface area contributed by atoms with Crippen LogP contribution in [0.2, 0.25) is 0 Å². The van der Waals surface area contributed by atoms with Crippen LogP contribution < -0.4 is 5.32 Å². The second-order valence-electron chi connectivity index (χ2n) is 7.18. The first-order valence-electron chi connectivity index (χ1n) is 9.68. The summed E-state index contributed by atoms with van der Waals surface area (Å²) in [5, 5.41) is 2.93. The zero-order valence-electron chi connectivity index (χ0n) is 16.4. The van der Waals surface area contributed by atoms with Gasteiger partial charge in [-0.2, -0.15) is 13.2 Å². The van der Waals surface area contributed by atoms with Crippen LogP contribution in [0.1, 0.15) is 48.1 Å². The standard InChI is InChI=1S/C23H22F3NO3/c1-15(22(29)27-20-8-4-6-17-5-2-3-7-19(17)20)30-21(28)14-11-16-9-12-18(13-10-16)23(24,25)26/h2-3,5,7,9-15,20H,4,6,8H2,1H3,(H,27,29)/b14-11+/t15-,20+/m0/s1. The summed E-state index contributed by atoms with van der Waals surface area (Å²) in [7, 11) is 0. The zero-order chi connectivity index (χ0) is 21.7. The van der Waals surface area contributed by atoms with Crippen LogP contribution in [0.3, 0.4) is 0 Å². The topological polar surface area (TPSA) is 55.4 Å². The van der Waals surface area contributed by atoms with Crippen molar-refractivity contribution in [2.75, 3.05) is 0 Å². The number of nitrogens with one attached hydrogen (secondary N) is 1. The van der Waals surface area contributed by atoms with E-state index in [0.29, 0.717) is 5.56 Å². The Morgan fingerprint density at radius 3 is 2.53 bits per heavy atom. The predicted octanol–water partition coefficient (Wildman–Crippen LogP) is 4.84. The lowest BCUT2D eigenvalue weighted by Gasteiger charge is -2.27. The first-order valence-corrected chi connectivity index (χ1v) is 9.68. The molecule has 7 heteroatoms. The molecule has 0 heterocycles. The van der Waals surface area contributed by atoms with E-state index < -0.39 is 29.7 Å². The van der Waals surface area contributed by atoms with Crippen molar-refractivity contribution in [3.05, 3.63) is 76.9 Å². The molecule has 0 saturated heterocycles. The lowest BCUT2D eigenvalue weighted by atomic mass is 9.87. The smallest absolute Gasteiger partial charge is 0.416 e. The predicted molar refractivity (Wildman–Crippen MR) is 106 cm³/mol. The number of hydrogen-bond acceptors (Lipinski definition) is 3. The van der Waals surface area contributed by atoms with E-state index in [-0.39, 0.29) is 6.04 Å². The highest BCUT2D eigenvalue weighted by atomic mass is 19.4. The van der Waals surface area contributed by atoms with Crippen molar-refractivity contribution in [2.45, 2.75) is 44.5 Å². The number of benzene rings is 2. The normalized spacial score (nSPS) is 17.3. The molecule has 0 bridgehead atoms. The van der Waals surface area contributed by atoms with Gasteiger partial charge in [0.05, 0.1) is 11.6 Å². The number of ether oxygens (including phenoxy) is 1. The largest absolute Gasteiger partial charge is 0.449 e. The molecule has 30 heavy (non-hydrogen) atoms. The van der Waals surface area contributed by atoms with Gasteiger partial charge in [0.2, 0.25) is 0 Å². The number of carbonyl (C=O) groups is 2. The lowest BCUT2D eigenvalue weighted by Crippen LogP contribution is -2.39. The minimum Gasteiger partial charge on any atom is -0.449 e. The lowest BCUT2D eigenvalue weighted by molar-refractivity contribution is -0.150. The van der Waals surface area contributed by atoms with Crippen LogP contribution in [0, 0.1) is 0 Å². The van der Waals surface area contributed by atoms with Gasteiger partial charge in [-0.1, -0.05) is 36.4 Å². The Hall–Kier alpha value is -3.09. The van der Waals surface area contributed by atoms with Crippen LogP contribution in [-0.4, -0.2) is 18.0 Å². The van der Waals surface area contributed by atoms with Crippen LogP contribution in [0.25, 0.3) is 6.08 Å². The van der Waals surface area contributed by atoms with E-state index in [1.165, 1.54) is 30.7 Å². The van der Waals surface area contributed by atoms with Crippen molar-refractivity contribution < 1.29 is 27.5 Å². The molecule has 0 saturated carbocycles. The number of esters is 1. The summed E-state index contributed by atoms with van der Waals surface area (Å²) in [5.41, 5.74) is 1.93. The Bertz CT molecular complexity index is 935. The fourth-order valence-electron chi connectivity index (χ4n) is 3.41. The quantitative estimate of drug-likeness (QED) is 0.559. The third-order valence-corrected chi connectivity index (χ3v) is 5.00. The minimum absolute atomic E-state index is 0.119. The Kier molecular flexibility index (Phi) is 6.59. The van der Waals surface area contributed by atoms with Gasteiger partial charge in [0.25, 0.3) is 5.91 Å². The van der Waals surface area contributed by atoms with E-state index in [9.17, 15) is 22.8 Å². The first-order chi connectivity index (χ1) is 14.2. The fraction of sp³-hybridized carbons (Fsp3) is 0.304. The van der Waals surface area contributed by atoms with Gasteiger partial charge in [0.15, 0.2) is 6.10 Å². The van der Waals surface area contributed by atoms with E-state index >= 15 is 0 Å². The molecule has 158 valence electrons. The molecule has 0 spiro atoms. The third kappa shape index (κ3) is 5.49. The van der Waals surface area contributed by atoms with E-state index in [1.54, 1.807) is 0 Å². The summed E-state index contributed by atoms with van der Waals surface area (Å²) in [6.07, 6.45) is -0.232. The van der Waals surface area contributed by atoms with Crippen molar-refractivity contribution in [3.63, 3.8) is 0 Å². The summed E-state index contributed by atoms with van der Waals surface area (Å²) >= 11 is 0. The number of aryl methyl sites for hydroxylation is 1. The Morgan fingerprint density at radius 1 is 1.13 bits per heavy atom. The van der Waals surface area contributed by atoms with Gasteiger partial charge in [-0.05, 0) is 61.1 Å². The summed E-state index contributed by atoms with van der Waals surface area (Å²) < 4.78 is 42.8. The van der Waals surface area contributed by atoms with Crippen molar-refractivity contribution in [2.24, 2.45) is 0 Å². The molecule has 1 amide bonds. The SMILES string of the molecule is C[C@H](OC(=O)/C=C/c1ccc(C(F)(F)F)cc1)C(=O)N[C@@H]1CCCc2ccccc21. The maximum absolute atomic E-state index is 12.6. The number of hydrogen-bond donors (Lipinski definition) is 1. The van der Waals surface area contributed by atoms with Crippen LogP contribution in [0.4, 0.5) is 13.2 Å². The van der Waals surface area contributed by atoms with Gasteiger partial charge in [-0.25, -0.2) is 4.79 Å². The average Bonchev–Trinajstić information content (AvgIpc) is 2.72. The fourth-order valence-corrected chi connectivity index (χ4v) is 3.41. The van der Waals surface area contributed by atoms with Gasteiger partial charge >= 0.3 is 12.1 Å². The molecule has 0 radical (unpaired) electrons. The van der Waals surface area contributed by atoms with Gasteiger partial charge in [0, 0.05) is 6.08 Å². The Labute approximate surface area is 172 Å². The molecule has 2 atom stereocenters. The van der Waals surface area contributed by atoms with Crippen molar-refractivity contribution in [3.8, 4) is 0 Å². The molecule has 1 N–H and O–H groups in total. The molecule has 0 fully saturated rings. The van der Waals surface area contributed by atoms with Crippen molar-refractivity contribution in [1.82, 2.24) is 5.32 Å². The zero-order valence-corrected chi connectivity index (χ0v) is 16.4. The van der Waals surface area contributed by atoms with Crippen molar-refractivity contribution >= 4 is 18.0 Å². The van der Waals surface area contributed by atoms with Crippen molar-refractivity contribution in [1.29, 1.82) is 0 Å². The van der Waals surface area contributed by atoms with Crippen LogP contribution >= 0.6 is 0 Å². The molecule has 0 aromatic heterocycles. The second-order valence-corrected chi connectivity index (χ2v) is 7.18. The number of amides is 1. The molecule has 2 aromatic carbocycles. The first kappa shape index (κ1) is 21.6. The number of halogens is 3. The number of rotatable bonds is 5. The van der Waals surface area contributed by atoms with Gasteiger partial charge in [0.1, 0.15) is 0 Å². The molecule has 1 aliphatic rings. The van der Waals surface area contributed by atoms with Gasteiger partial charge in [-0.15, -0.1) is 0 Å². The highest BCUT2D eigenvalue weighted by Gasteiger charge is 2.30. The minimum atomic E-state index is -4.41. The Balaban J connectivity index is 1.54. The molecule has 4 nitrogen and oxygen atoms in total. The van der Waals surface area contributed by atoms with E-state index in [1.807, 2.05) is 24.3 Å². The monoisotopic (exact) mass is 417 g/mol. The van der Waals surface area contributed by atoms with Crippen LogP contribution in [-0.2, 0) is 26.9 Å². The Morgan fingerprint density at radius 2 is 1.83 bits per heavy atom. The van der Waals surface area contributed by atoms with Crippen LogP contribution in [0.15, 0.2) is 54.6 Å². The summed E-state index contributed by atoms with van der Waals surface area (Å²) in [6, 6.07) is 12.2. The number of fused-ring (bicyclic) bond motifs is 1. The average molecular weight is 417 g/mol. The molecule has 0 unspecified atom stereocenters. The third-order valence-electron chi connectivity index (χ3n) is 5.00. The van der Waals surface area contributed by atoms with E-state index in [0.717, 1.165) is 43.0 Å². The summed E-state index contributed by atoms with van der Waals surface area (Å²) in [6.45, 7) is 1.48. The summed E-state index contributed by atoms with van der Waals surface area (Å²) in [5.74, 6) is -1.14. The van der Waals surface area contributed by atoms with Gasteiger partial charge in [-0.3, -0.25) is 4.79 Å². The number of alkyl halides is 3. The molecular weight excluding hydrogens is 395 g/mol. The molecular formula is C23H22F3NO3. The second kappa shape index (κ2) is 9.15. The molecule has 0 aliphatic heterocycles. The van der Waals surface area contributed by atoms with E-state index in [2.05, 4.69) is 5.32 Å². The van der Waals surface area contributed by atoms with Gasteiger partial charge < -0.3 is 10.1 Å². The molecule has 1 aliphatic carbocycles. The maximum atomic E-state index is 12.6. The maximum Gasteiger partial charge on any atom is 0.416 e. The highest BCUT2D eigenvalue weighted by molar-refractivity contribution is 5.90. The highest BCUT2D eigenvalue weighted by Crippen LogP contribution is 2.30. The van der Waals surface area contributed by atoms with E-state index in [4.69, 9.17) is 4.74 Å². The molecule has 3 rings (SSSR count). The summed E-state index contributed by atoms with van der Waals surface area (Å²) in [4.78, 5) is 24.4. The molecule has 2 aromatic rings. The van der Waals surface area contributed by atoms with Crippen LogP contribution in [0.5, 0.6) is 0 Å². The number of carbonyl (C=O) groups excluding carboxylic acids is 2.